The van der Waals surface area contributed by atoms with Gasteiger partial charge in [0.15, 0.2) is 0 Å². The number of hydrogen-bond donors (Lipinski definition) is 2. The molecule has 7 heteroatoms. The highest BCUT2D eigenvalue weighted by Gasteiger charge is 2.18. The first-order chi connectivity index (χ1) is 9.31. The molecule has 0 fully saturated rings. The Morgan fingerprint density at radius 1 is 1.25 bits per heavy atom. The first kappa shape index (κ1) is 14.8. The molecular formula is C13H12BrFN2O2S. The van der Waals surface area contributed by atoms with Crippen LogP contribution in [0.3, 0.4) is 0 Å². The Kier molecular flexibility index (Phi) is 4.01. The van der Waals surface area contributed by atoms with E-state index in [1.165, 1.54) is 24.3 Å². The van der Waals surface area contributed by atoms with E-state index in [-0.39, 0.29) is 15.1 Å². The average Bonchev–Trinajstić information content (AvgIpc) is 2.36. The van der Waals surface area contributed by atoms with Crippen molar-refractivity contribution in [3.05, 3.63) is 52.3 Å². The second-order valence-corrected chi connectivity index (χ2v) is 6.71. The zero-order valence-corrected chi connectivity index (χ0v) is 12.9. The van der Waals surface area contributed by atoms with Crippen LogP contribution in [0.1, 0.15) is 5.56 Å². The fourth-order valence-corrected chi connectivity index (χ4v) is 3.40. The molecule has 0 bridgehead atoms. The van der Waals surface area contributed by atoms with Crippen LogP contribution in [-0.2, 0) is 10.0 Å². The predicted octanol–water partition coefficient (Wildman–Crippen LogP) is 3.28. The number of halogens is 2. The third-order valence-electron chi connectivity index (χ3n) is 2.79. The standard InChI is InChI=1S/C13H12BrFN2O2S/c1-8-12(16)3-2-4-13(8)20(18,19)17-9-5-6-11(15)10(14)7-9/h2-7,17H,16H2,1H3. The van der Waals surface area contributed by atoms with Gasteiger partial charge in [0.05, 0.1) is 15.1 Å². The van der Waals surface area contributed by atoms with Crippen molar-refractivity contribution in [2.45, 2.75) is 11.8 Å². The molecule has 4 nitrogen and oxygen atoms in total. The van der Waals surface area contributed by atoms with Gasteiger partial charge in [0.1, 0.15) is 5.82 Å². The van der Waals surface area contributed by atoms with Gasteiger partial charge in [-0.25, -0.2) is 12.8 Å². The fraction of sp³-hybridized carbons (Fsp3) is 0.0769. The molecule has 3 N–H and O–H groups in total. The Morgan fingerprint density at radius 2 is 1.95 bits per heavy atom. The zero-order chi connectivity index (χ0) is 14.9. The smallest absolute Gasteiger partial charge is 0.262 e. The van der Waals surface area contributed by atoms with Crippen molar-refractivity contribution in [3.63, 3.8) is 0 Å². The van der Waals surface area contributed by atoms with Crippen molar-refractivity contribution < 1.29 is 12.8 Å². The van der Waals surface area contributed by atoms with E-state index >= 15 is 0 Å². The Morgan fingerprint density at radius 3 is 2.60 bits per heavy atom. The number of sulfonamides is 1. The van der Waals surface area contributed by atoms with Gasteiger partial charge in [-0.1, -0.05) is 6.07 Å². The second kappa shape index (κ2) is 5.41. The molecule has 0 saturated heterocycles. The van der Waals surface area contributed by atoms with Gasteiger partial charge < -0.3 is 5.73 Å². The maximum atomic E-state index is 13.1. The van der Waals surface area contributed by atoms with E-state index in [0.717, 1.165) is 0 Å². The van der Waals surface area contributed by atoms with Gasteiger partial charge in [-0.15, -0.1) is 0 Å². The predicted molar refractivity (Wildman–Crippen MR) is 80.5 cm³/mol. The molecule has 0 atom stereocenters. The molecule has 0 aromatic heterocycles. The van der Waals surface area contributed by atoms with Crippen LogP contribution in [0.5, 0.6) is 0 Å². The van der Waals surface area contributed by atoms with E-state index < -0.39 is 15.8 Å². The van der Waals surface area contributed by atoms with Crippen LogP contribution in [0, 0.1) is 12.7 Å². The van der Waals surface area contributed by atoms with Crippen LogP contribution >= 0.6 is 15.9 Å². The molecule has 2 rings (SSSR count). The van der Waals surface area contributed by atoms with E-state index in [2.05, 4.69) is 20.7 Å². The maximum Gasteiger partial charge on any atom is 0.262 e. The summed E-state index contributed by atoms with van der Waals surface area (Å²) < 4.78 is 40.3. The molecular weight excluding hydrogens is 347 g/mol. The van der Waals surface area contributed by atoms with Crippen molar-refractivity contribution >= 4 is 37.3 Å². The number of anilines is 2. The van der Waals surface area contributed by atoms with E-state index in [1.807, 2.05) is 0 Å². The Labute approximate surface area is 125 Å². The van der Waals surface area contributed by atoms with Crippen LogP contribution in [0.4, 0.5) is 15.8 Å². The topological polar surface area (TPSA) is 72.2 Å². The largest absolute Gasteiger partial charge is 0.398 e. The molecule has 0 radical (unpaired) electrons. The number of nitrogens with two attached hydrogens (primary N) is 1. The number of benzene rings is 2. The maximum absolute atomic E-state index is 13.1. The Bertz CT molecular complexity index is 763. The van der Waals surface area contributed by atoms with E-state index in [4.69, 9.17) is 5.73 Å². The van der Waals surface area contributed by atoms with Gasteiger partial charge in [-0.3, -0.25) is 4.72 Å². The van der Waals surface area contributed by atoms with Crippen molar-refractivity contribution in [1.29, 1.82) is 0 Å². The zero-order valence-electron chi connectivity index (χ0n) is 10.5. The lowest BCUT2D eigenvalue weighted by Gasteiger charge is -2.12. The minimum Gasteiger partial charge on any atom is -0.398 e. The fourth-order valence-electron chi connectivity index (χ4n) is 1.69. The molecule has 0 aliphatic rings. The Hall–Kier alpha value is -1.60. The monoisotopic (exact) mass is 358 g/mol. The number of nitrogens with one attached hydrogen (secondary N) is 1. The highest BCUT2D eigenvalue weighted by Crippen LogP contribution is 2.25. The van der Waals surface area contributed by atoms with Crippen LogP contribution in [0.2, 0.25) is 0 Å². The second-order valence-electron chi connectivity index (χ2n) is 4.20. The number of rotatable bonds is 3. The van der Waals surface area contributed by atoms with Crippen LogP contribution in [-0.4, -0.2) is 8.42 Å². The molecule has 0 aliphatic heterocycles. The van der Waals surface area contributed by atoms with E-state index in [1.54, 1.807) is 19.1 Å². The van der Waals surface area contributed by atoms with Crippen LogP contribution in [0.25, 0.3) is 0 Å². The number of hydrogen-bond acceptors (Lipinski definition) is 3. The van der Waals surface area contributed by atoms with Gasteiger partial charge in [0.2, 0.25) is 0 Å². The van der Waals surface area contributed by atoms with Gasteiger partial charge in [-0.05, 0) is 58.7 Å². The third kappa shape index (κ3) is 2.94. The molecule has 0 heterocycles. The van der Waals surface area contributed by atoms with Gasteiger partial charge in [0, 0.05) is 5.69 Å². The molecule has 0 spiro atoms. The quantitative estimate of drug-likeness (QED) is 0.827. The first-order valence-electron chi connectivity index (χ1n) is 5.64. The average molecular weight is 359 g/mol. The molecule has 2 aromatic carbocycles. The SMILES string of the molecule is Cc1c(N)cccc1S(=O)(=O)Nc1ccc(F)c(Br)c1. The van der Waals surface area contributed by atoms with E-state index in [9.17, 15) is 12.8 Å². The summed E-state index contributed by atoms with van der Waals surface area (Å²) in [6.45, 7) is 1.63. The van der Waals surface area contributed by atoms with Crippen molar-refractivity contribution in [2.75, 3.05) is 10.5 Å². The minimum absolute atomic E-state index is 0.0953. The van der Waals surface area contributed by atoms with Crippen molar-refractivity contribution in [1.82, 2.24) is 0 Å². The first-order valence-corrected chi connectivity index (χ1v) is 7.92. The van der Waals surface area contributed by atoms with Crippen LogP contribution in [0.15, 0.2) is 45.8 Å². The van der Waals surface area contributed by atoms with Gasteiger partial charge in [0.25, 0.3) is 10.0 Å². The summed E-state index contributed by atoms with van der Waals surface area (Å²) in [5, 5.41) is 0. The highest BCUT2D eigenvalue weighted by molar-refractivity contribution is 9.10. The molecule has 20 heavy (non-hydrogen) atoms. The van der Waals surface area contributed by atoms with Gasteiger partial charge in [-0.2, -0.15) is 0 Å². The van der Waals surface area contributed by atoms with Crippen molar-refractivity contribution in [3.8, 4) is 0 Å². The lowest BCUT2D eigenvalue weighted by atomic mass is 10.2. The lowest BCUT2D eigenvalue weighted by molar-refractivity contribution is 0.600. The minimum atomic E-state index is -3.77. The summed E-state index contributed by atoms with van der Waals surface area (Å²) in [5.41, 5.74) is 6.84. The molecule has 0 aliphatic carbocycles. The third-order valence-corrected chi connectivity index (χ3v) is 4.92. The molecule has 0 unspecified atom stereocenters. The summed E-state index contributed by atoms with van der Waals surface area (Å²) in [6.07, 6.45) is 0. The van der Waals surface area contributed by atoms with E-state index in [0.29, 0.717) is 11.3 Å². The summed E-state index contributed by atoms with van der Waals surface area (Å²) in [4.78, 5) is 0.0953. The Balaban J connectivity index is 2.41. The van der Waals surface area contributed by atoms with Crippen molar-refractivity contribution in [2.24, 2.45) is 0 Å². The summed E-state index contributed by atoms with van der Waals surface area (Å²) in [7, 11) is -3.77. The molecule has 2 aromatic rings. The van der Waals surface area contributed by atoms with Gasteiger partial charge >= 0.3 is 0 Å². The summed E-state index contributed by atoms with van der Waals surface area (Å²) in [6, 6.07) is 8.54. The summed E-state index contributed by atoms with van der Waals surface area (Å²) in [5.74, 6) is -0.465. The normalized spacial score (nSPS) is 11.3. The van der Waals surface area contributed by atoms with Crippen LogP contribution < -0.4 is 10.5 Å². The molecule has 106 valence electrons. The molecule has 0 saturated carbocycles. The summed E-state index contributed by atoms with van der Waals surface area (Å²) >= 11 is 3.01. The number of nitrogen functional groups attached to an aromatic ring is 1. The molecule has 0 amide bonds. The highest BCUT2D eigenvalue weighted by atomic mass is 79.9. The lowest BCUT2D eigenvalue weighted by Crippen LogP contribution is -2.15.